The van der Waals surface area contributed by atoms with Gasteiger partial charge in [0.2, 0.25) is 0 Å². The van der Waals surface area contributed by atoms with Crippen LogP contribution in [0.15, 0.2) is 4.52 Å². The molecule has 0 atom stereocenters. The van der Waals surface area contributed by atoms with Crippen molar-refractivity contribution in [3.63, 3.8) is 0 Å². The molecule has 1 heterocycles. The number of aromatic nitrogens is 2. The minimum absolute atomic E-state index is 0.406. The summed E-state index contributed by atoms with van der Waals surface area (Å²) in [5.74, 6) is 0.539. The van der Waals surface area contributed by atoms with E-state index in [-0.39, 0.29) is 0 Å². The largest absolute Gasteiger partial charge is 0.374 e. The lowest BCUT2D eigenvalue weighted by molar-refractivity contribution is 0.126. The van der Waals surface area contributed by atoms with Gasteiger partial charge in [0.05, 0.1) is 0 Å². The zero-order valence-electron chi connectivity index (χ0n) is 5.13. The molecule has 49 valence electrons. The molecule has 1 rings (SSSR count). The minimum atomic E-state index is 0.406. The van der Waals surface area contributed by atoms with E-state index < -0.39 is 0 Å². The maximum atomic E-state index is 4.97. The van der Waals surface area contributed by atoms with Crippen molar-refractivity contribution in [3.05, 3.63) is 12.2 Å². The van der Waals surface area contributed by atoms with Gasteiger partial charge in [0, 0.05) is 6.61 Å². The van der Waals surface area contributed by atoms with E-state index >= 15 is 0 Å². The van der Waals surface area contributed by atoms with Gasteiger partial charge in [0.1, 0.15) is 6.61 Å². The van der Waals surface area contributed by atoms with Gasteiger partial charge in [-0.25, -0.2) is 0 Å². The third-order valence-electron chi connectivity index (χ3n) is 0.802. The lowest BCUT2D eigenvalue weighted by Gasteiger charge is -1.91. The van der Waals surface area contributed by atoms with Crippen LogP contribution in [0, 0.1) is 6.39 Å². The molecule has 0 saturated carbocycles. The van der Waals surface area contributed by atoms with Crippen molar-refractivity contribution in [2.24, 2.45) is 0 Å². The first kappa shape index (κ1) is 6.22. The fraction of sp³-hybridized carbons (Fsp3) is 0.600. The third kappa shape index (κ3) is 1.81. The average Bonchev–Trinajstić information content (AvgIpc) is 2.34. The van der Waals surface area contributed by atoms with Crippen LogP contribution in [0.25, 0.3) is 0 Å². The van der Waals surface area contributed by atoms with Gasteiger partial charge in [-0.2, -0.15) is 4.98 Å². The number of hydrogen-bond acceptors (Lipinski definition) is 4. The first-order valence-corrected chi connectivity index (χ1v) is 2.70. The van der Waals surface area contributed by atoms with Crippen molar-refractivity contribution in [1.29, 1.82) is 0 Å². The highest BCUT2D eigenvalue weighted by molar-refractivity contribution is 4.71. The second-order valence-electron chi connectivity index (χ2n) is 1.44. The van der Waals surface area contributed by atoms with E-state index in [0.29, 0.717) is 19.0 Å². The first-order valence-electron chi connectivity index (χ1n) is 2.70. The molecule has 0 saturated heterocycles. The van der Waals surface area contributed by atoms with Gasteiger partial charge in [-0.05, 0) is 6.92 Å². The predicted molar refractivity (Wildman–Crippen MR) is 28.5 cm³/mol. The van der Waals surface area contributed by atoms with Crippen molar-refractivity contribution < 1.29 is 9.26 Å². The zero-order chi connectivity index (χ0) is 6.53. The van der Waals surface area contributed by atoms with E-state index in [2.05, 4.69) is 21.1 Å². The zero-order valence-corrected chi connectivity index (χ0v) is 5.13. The molecular formula is C5H7N2O2. The molecule has 0 fully saturated rings. The maximum absolute atomic E-state index is 4.97. The molecule has 1 radical (unpaired) electrons. The topological polar surface area (TPSA) is 48.2 Å². The lowest BCUT2D eigenvalue weighted by atomic mass is 10.7. The van der Waals surface area contributed by atoms with Crippen molar-refractivity contribution in [1.82, 2.24) is 10.1 Å². The summed E-state index contributed by atoms with van der Waals surface area (Å²) < 4.78 is 9.32. The molecule has 0 aliphatic heterocycles. The van der Waals surface area contributed by atoms with Crippen LogP contribution in [0.2, 0.25) is 0 Å². The molecule has 0 bridgehead atoms. The van der Waals surface area contributed by atoms with Gasteiger partial charge in [-0.3, -0.25) is 0 Å². The van der Waals surface area contributed by atoms with Crippen molar-refractivity contribution in [2.75, 3.05) is 6.61 Å². The molecule has 0 aromatic carbocycles. The maximum Gasteiger partial charge on any atom is 0.316 e. The van der Waals surface area contributed by atoms with E-state index in [4.69, 9.17) is 4.74 Å². The van der Waals surface area contributed by atoms with Crippen molar-refractivity contribution in [2.45, 2.75) is 13.5 Å². The third-order valence-corrected chi connectivity index (χ3v) is 0.802. The Labute approximate surface area is 52.8 Å². The molecular weight excluding hydrogens is 120 g/mol. The van der Waals surface area contributed by atoms with Crippen molar-refractivity contribution >= 4 is 0 Å². The quantitative estimate of drug-likeness (QED) is 0.589. The highest BCUT2D eigenvalue weighted by Gasteiger charge is 1.95. The van der Waals surface area contributed by atoms with Crippen LogP contribution in [0.4, 0.5) is 0 Å². The van der Waals surface area contributed by atoms with E-state index in [1.165, 1.54) is 0 Å². The second kappa shape index (κ2) is 3.19. The van der Waals surface area contributed by atoms with Gasteiger partial charge in [0.25, 0.3) is 0 Å². The number of rotatable bonds is 3. The molecule has 4 nitrogen and oxygen atoms in total. The molecule has 1 aromatic rings. The Hall–Kier alpha value is -0.900. The minimum Gasteiger partial charge on any atom is -0.374 e. The second-order valence-corrected chi connectivity index (χ2v) is 1.44. The normalized spacial score (nSPS) is 9.89. The van der Waals surface area contributed by atoms with Gasteiger partial charge in [0.15, 0.2) is 5.82 Å². The van der Waals surface area contributed by atoms with Crippen LogP contribution in [0.1, 0.15) is 12.7 Å². The number of hydrogen-bond donors (Lipinski definition) is 0. The highest BCUT2D eigenvalue weighted by Crippen LogP contribution is 1.89. The molecule has 9 heavy (non-hydrogen) atoms. The Bertz CT molecular complexity index is 150. The molecule has 1 aromatic heterocycles. The highest BCUT2D eigenvalue weighted by atomic mass is 16.5. The monoisotopic (exact) mass is 127 g/mol. The van der Waals surface area contributed by atoms with E-state index in [0.717, 1.165) is 0 Å². The predicted octanol–water partition coefficient (Wildman–Crippen LogP) is 0.406. The van der Waals surface area contributed by atoms with Crippen LogP contribution in [0.5, 0.6) is 0 Å². The Morgan fingerprint density at radius 2 is 2.67 bits per heavy atom. The summed E-state index contributed by atoms with van der Waals surface area (Å²) in [6.45, 7) is 2.97. The SMILES string of the molecule is CCOCc1n[c]on1. The smallest absolute Gasteiger partial charge is 0.316 e. The Morgan fingerprint density at radius 3 is 3.22 bits per heavy atom. The van der Waals surface area contributed by atoms with Gasteiger partial charge in [-0.15, -0.1) is 0 Å². The number of ether oxygens (including phenoxy) is 1. The van der Waals surface area contributed by atoms with Crippen LogP contribution in [-0.4, -0.2) is 16.7 Å². The molecule has 0 spiro atoms. The molecule has 0 aliphatic rings. The fourth-order valence-corrected chi connectivity index (χ4v) is 0.419. The van der Waals surface area contributed by atoms with E-state index in [1.54, 1.807) is 0 Å². The number of nitrogens with zero attached hydrogens (tertiary/aromatic N) is 2. The summed E-state index contributed by atoms with van der Waals surface area (Å²) in [5, 5.41) is 3.49. The summed E-state index contributed by atoms with van der Waals surface area (Å²) in [7, 11) is 0. The molecule has 0 N–H and O–H groups in total. The molecule has 0 amide bonds. The van der Waals surface area contributed by atoms with Crippen LogP contribution in [-0.2, 0) is 11.3 Å². The summed E-state index contributed by atoms with van der Waals surface area (Å²) in [6, 6.07) is 0. The Kier molecular flexibility index (Phi) is 2.21. The average molecular weight is 127 g/mol. The summed E-state index contributed by atoms with van der Waals surface area (Å²) in [6.07, 6.45) is 2.22. The Balaban J connectivity index is 2.30. The summed E-state index contributed by atoms with van der Waals surface area (Å²) in [4.78, 5) is 3.63. The molecule has 0 aliphatic carbocycles. The Morgan fingerprint density at radius 1 is 1.78 bits per heavy atom. The first-order chi connectivity index (χ1) is 4.43. The van der Waals surface area contributed by atoms with Crippen LogP contribution in [0.3, 0.4) is 0 Å². The molecule has 4 heteroatoms. The van der Waals surface area contributed by atoms with Crippen LogP contribution >= 0.6 is 0 Å². The van der Waals surface area contributed by atoms with Crippen LogP contribution < -0.4 is 0 Å². The van der Waals surface area contributed by atoms with Gasteiger partial charge < -0.3 is 9.26 Å². The standard InChI is InChI=1S/C5H7N2O2/c1-2-8-3-5-6-4-9-7-5/h2-3H2,1H3. The van der Waals surface area contributed by atoms with Gasteiger partial charge in [-0.1, -0.05) is 5.16 Å². The summed E-state index contributed by atoms with van der Waals surface area (Å²) >= 11 is 0. The summed E-state index contributed by atoms with van der Waals surface area (Å²) in [5.41, 5.74) is 0. The van der Waals surface area contributed by atoms with E-state index in [9.17, 15) is 0 Å². The lowest BCUT2D eigenvalue weighted by Crippen LogP contribution is -1.92. The van der Waals surface area contributed by atoms with E-state index in [1.807, 2.05) is 6.92 Å². The molecule has 0 unspecified atom stereocenters. The van der Waals surface area contributed by atoms with Gasteiger partial charge >= 0.3 is 6.39 Å². The fourth-order valence-electron chi connectivity index (χ4n) is 0.419. The van der Waals surface area contributed by atoms with Crippen molar-refractivity contribution in [3.8, 4) is 0 Å².